The van der Waals surface area contributed by atoms with Gasteiger partial charge in [-0.1, -0.05) is 40.9 Å². The molecular formula is C16H24BrN. The van der Waals surface area contributed by atoms with Gasteiger partial charge < -0.3 is 5.32 Å². The highest BCUT2D eigenvalue weighted by Gasteiger charge is 2.09. The van der Waals surface area contributed by atoms with Crippen LogP contribution >= 0.6 is 15.9 Å². The monoisotopic (exact) mass is 309 g/mol. The van der Waals surface area contributed by atoms with Crippen LogP contribution in [0.1, 0.15) is 49.3 Å². The van der Waals surface area contributed by atoms with E-state index in [0.717, 1.165) is 6.42 Å². The van der Waals surface area contributed by atoms with Gasteiger partial charge in [-0.05, 0) is 56.5 Å². The zero-order chi connectivity index (χ0) is 13.4. The summed E-state index contributed by atoms with van der Waals surface area (Å²) in [7, 11) is 2.05. The number of hydrogen-bond donors (Lipinski definition) is 1. The van der Waals surface area contributed by atoms with Crippen LogP contribution in [0.15, 0.2) is 35.3 Å². The molecule has 0 heterocycles. The molecule has 0 aliphatic carbocycles. The Balaban J connectivity index is 2.51. The minimum Gasteiger partial charge on any atom is -0.313 e. The van der Waals surface area contributed by atoms with Gasteiger partial charge in [0.2, 0.25) is 0 Å². The van der Waals surface area contributed by atoms with Gasteiger partial charge in [0.25, 0.3) is 0 Å². The van der Waals surface area contributed by atoms with Crippen molar-refractivity contribution in [3.05, 3.63) is 46.5 Å². The fourth-order valence-electron chi connectivity index (χ4n) is 2.26. The third-order valence-electron chi connectivity index (χ3n) is 3.22. The lowest BCUT2D eigenvalue weighted by molar-refractivity contribution is 0.507. The number of aryl methyl sites for hydroxylation is 1. The lowest BCUT2D eigenvalue weighted by Crippen LogP contribution is -2.16. The van der Waals surface area contributed by atoms with Crippen LogP contribution in [0.5, 0.6) is 0 Å². The third-order valence-corrected chi connectivity index (χ3v) is 3.67. The molecule has 1 aromatic carbocycles. The molecule has 0 bridgehead atoms. The minimum atomic E-state index is 0.463. The van der Waals surface area contributed by atoms with Gasteiger partial charge in [0.1, 0.15) is 0 Å². The summed E-state index contributed by atoms with van der Waals surface area (Å²) < 4.78 is 1.17. The SMILES string of the molecule is C=CCCCCCC(NC)c1cc(C)cc(Br)c1. The number of allylic oxidation sites excluding steroid dienone is 1. The van der Waals surface area contributed by atoms with E-state index >= 15 is 0 Å². The molecular weight excluding hydrogens is 286 g/mol. The Morgan fingerprint density at radius 2 is 2.06 bits per heavy atom. The maximum Gasteiger partial charge on any atom is 0.0318 e. The first-order valence-electron chi connectivity index (χ1n) is 6.72. The van der Waals surface area contributed by atoms with Crippen LogP contribution in [0.2, 0.25) is 0 Å². The summed E-state index contributed by atoms with van der Waals surface area (Å²) in [4.78, 5) is 0. The Kier molecular flexibility index (Phi) is 7.29. The van der Waals surface area contributed by atoms with Gasteiger partial charge in [0.05, 0.1) is 0 Å². The summed E-state index contributed by atoms with van der Waals surface area (Å²) in [5, 5.41) is 3.42. The Morgan fingerprint density at radius 3 is 2.67 bits per heavy atom. The standard InChI is InChI=1S/C16H24BrN/c1-4-5-6-7-8-9-16(18-3)14-10-13(2)11-15(17)12-14/h4,10-12,16,18H,1,5-9H2,2-3H3. The maximum absolute atomic E-state index is 3.76. The van der Waals surface area contributed by atoms with Gasteiger partial charge in [-0.25, -0.2) is 0 Å². The Morgan fingerprint density at radius 1 is 1.28 bits per heavy atom. The second kappa shape index (κ2) is 8.49. The van der Waals surface area contributed by atoms with Crippen LogP contribution < -0.4 is 5.32 Å². The van der Waals surface area contributed by atoms with Crippen molar-refractivity contribution in [1.29, 1.82) is 0 Å². The van der Waals surface area contributed by atoms with E-state index in [4.69, 9.17) is 0 Å². The summed E-state index contributed by atoms with van der Waals surface area (Å²) in [6.07, 6.45) is 8.16. The first kappa shape index (κ1) is 15.5. The van der Waals surface area contributed by atoms with Crippen LogP contribution in [0.3, 0.4) is 0 Å². The third kappa shape index (κ3) is 5.36. The van der Waals surface area contributed by atoms with Crippen molar-refractivity contribution in [1.82, 2.24) is 5.32 Å². The predicted octanol–water partition coefficient (Wildman–Crippen LogP) is 5.15. The summed E-state index contributed by atoms with van der Waals surface area (Å²) in [6, 6.07) is 7.11. The van der Waals surface area contributed by atoms with E-state index in [1.54, 1.807) is 0 Å². The first-order valence-corrected chi connectivity index (χ1v) is 7.52. The summed E-state index contributed by atoms with van der Waals surface area (Å²) >= 11 is 3.57. The molecule has 1 nitrogen and oxygen atoms in total. The number of hydrogen-bond acceptors (Lipinski definition) is 1. The summed E-state index contributed by atoms with van der Waals surface area (Å²) in [5.41, 5.74) is 2.69. The molecule has 0 radical (unpaired) electrons. The molecule has 0 aliphatic heterocycles. The smallest absolute Gasteiger partial charge is 0.0318 e. The normalized spacial score (nSPS) is 12.4. The molecule has 0 amide bonds. The van der Waals surface area contributed by atoms with Gasteiger partial charge >= 0.3 is 0 Å². The zero-order valence-corrected chi connectivity index (χ0v) is 13.1. The Bertz CT molecular complexity index is 353. The molecule has 1 aromatic rings. The van der Waals surface area contributed by atoms with Gasteiger partial charge in [-0.3, -0.25) is 0 Å². The molecule has 0 fully saturated rings. The van der Waals surface area contributed by atoms with Crippen LogP contribution in [0.4, 0.5) is 0 Å². The van der Waals surface area contributed by atoms with Crippen LogP contribution in [0, 0.1) is 6.92 Å². The van der Waals surface area contributed by atoms with Crippen molar-refractivity contribution in [3.63, 3.8) is 0 Å². The molecule has 0 aliphatic rings. The zero-order valence-electron chi connectivity index (χ0n) is 11.5. The van der Waals surface area contributed by atoms with E-state index < -0.39 is 0 Å². The average molecular weight is 310 g/mol. The molecule has 18 heavy (non-hydrogen) atoms. The molecule has 1 N–H and O–H groups in total. The van der Waals surface area contributed by atoms with Crippen molar-refractivity contribution < 1.29 is 0 Å². The quantitative estimate of drug-likeness (QED) is 0.517. The largest absolute Gasteiger partial charge is 0.313 e. The molecule has 0 aromatic heterocycles. The van der Waals surface area contributed by atoms with Gasteiger partial charge in [0.15, 0.2) is 0 Å². The molecule has 1 atom stereocenters. The van der Waals surface area contributed by atoms with Crippen molar-refractivity contribution in [2.45, 2.75) is 45.1 Å². The van der Waals surface area contributed by atoms with E-state index in [1.165, 1.54) is 41.3 Å². The second-order valence-corrected chi connectivity index (χ2v) is 5.75. The highest BCUT2D eigenvalue weighted by molar-refractivity contribution is 9.10. The van der Waals surface area contributed by atoms with Crippen molar-refractivity contribution >= 4 is 15.9 Å². The molecule has 1 unspecified atom stereocenters. The summed E-state index contributed by atoms with van der Waals surface area (Å²) in [5.74, 6) is 0. The fraction of sp³-hybridized carbons (Fsp3) is 0.500. The highest BCUT2D eigenvalue weighted by atomic mass is 79.9. The summed E-state index contributed by atoms with van der Waals surface area (Å²) in [6.45, 7) is 5.90. The van der Waals surface area contributed by atoms with Gasteiger partial charge in [-0.15, -0.1) is 6.58 Å². The van der Waals surface area contributed by atoms with Crippen LogP contribution in [-0.4, -0.2) is 7.05 Å². The number of halogens is 1. The van der Waals surface area contributed by atoms with Crippen molar-refractivity contribution in [2.24, 2.45) is 0 Å². The second-order valence-electron chi connectivity index (χ2n) is 4.83. The molecule has 1 rings (SSSR count). The van der Waals surface area contributed by atoms with E-state index in [-0.39, 0.29) is 0 Å². The molecule has 0 saturated carbocycles. The highest BCUT2D eigenvalue weighted by Crippen LogP contribution is 2.24. The van der Waals surface area contributed by atoms with Gasteiger partial charge in [0, 0.05) is 10.5 Å². The van der Waals surface area contributed by atoms with E-state index in [2.05, 4.69) is 52.9 Å². The first-order chi connectivity index (χ1) is 8.67. The molecule has 100 valence electrons. The van der Waals surface area contributed by atoms with Gasteiger partial charge in [-0.2, -0.15) is 0 Å². The number of nitrogens with one attached hydrogen (secondary N) is 1. The number of unbranched alkanes of at least 4 members (excludes halogenated alkanes) is 3. The van der Waals surface area contributed by atoms with Crippen molar-refractivity contribution in [3.8, 4) is 0 Å². The molecule has 0 saturated heterocycles. The number of rotatable bonds is 8. The Hall–Kier alpha value is -0.600. The molecule has 0 spiro atoms. The van der Waals surface area contributed by atoms with Crippen LogP contribution in [-0.2, 0) is 0 Å². The minimum absolute atomic E-state index is 0.463. The van der Waals surface area contributed by atoms with E-state index in [0.29, 0.717) is 6.04 Å². The Labute approximate surface area is 120 Å². The fourth-order valence-corrected chi connectivity index (χ4v) is 2.88. The van der Waals surface area contributed by atoms with E-state index in [1.807, 2.05) is 13.1 Å². The molecule has 2 heteroatoms. The van der Waals surface area contributed by atoms with E-state index in [9.17, 15) is 0 Å². The average Bonchev–Trinajstić information content (AvgIpc) is 2.32. The predicted molar refractivity (Wildman–Crippen MR) is 84.0 cm³/mol. The lowest BCUT2D eigenvalue weighted by atomic mass is 9.99. The van der Waals surface area contributed by atoms with Crippen molar-refractivity contribution in [2.75, 3.05) is 7.05 Å². The van der Waals surface area contributed by atoms with Crippen LogP contribution in [0.25, 0.3) is 0 Å². The maximum atomic E-state index is 3.76. The topological polar surface area (TPSA) is 12.0 Å². The number of benzene rings is 1. The lowest BCUT2D eigenvalue weighted by Gasteiger charge is -2.17.